The van der Waals surface area contributed by atoms with Crippen LogP contribution in [0.1, 0.15) is 56.7 Å². The molecule has 6 heteroatoms. The maximum atomic E-state index is 12.1. The topological polar surface area (TPSA) is 69.8 Å². The van der Waals surface area contributed by atoms with Crippen LogP contribution in [0, 0.1) is 0 Å². The van der Waals surface area contributed by atoms with Crippen molar-refractivity contribution in [3.63, 3.8) is 0 Å². The summed E-state index contributed by atoms with van der Waals surface area (Å²) in [4.78, 5) is 12.1. The Morgan fingerprint density at radius 2 is 2.15 bits per heavy atom. The smallest absolute Gasteiger partial charge is 0.271 e. The number of H-pyrrole nitrogens is 1. The average Bonchev–Trinajstić information content (AvgIpc) is 2.77. The van der Waals surface area contributed by atoms with E-state index in [0.717, 1.165) is 25.1 Å². The summed E-state index contributed by atoms with van der Waals surface area (Å²) in [5.74, 6) is -0.0779. The highest BCUT2D eigenvalue weighted by atomic mass is 35.5. The van der Waals surface area contributed by atoms with E-state index >= 15 is 0 Å². The molecule has 1 amide bonds. The summed E-state index contributed by atoms with van der Waals surface area (Å²) in [6.45, 7) is 9.38. The number of nitrogens with one attached hydrogen (secondary N) is 3. The van der Waals surface area contributed by atoms with Gasteiger partial charge in [0.25, 0.3) is 5.91 Å². The minimum absolute atomic E-state index is 0. The molecule has 0 radical (unpaired) electrons. The highest BCUT2D eigenvalue weighted by molar-refractivity contribution is 5.92. The van der Waals surface area contributed by atoms with Crippen LogP contribution in [0.2, 0.25) is 0 Å². The van der Waals surface area contributed by atoms with Gasteiger partial charge in [0.2, 0.25) is 0 Å². The van der Waals surface area contributed by atoms with Crippen LogP contribution in [0.25, 0.3) is 0 Å². The number of halogens is 1. The van der Waals surface area contributed by atoms with Gasteiger partial charge in [-0.05, 0) is 32.4 Å². The Labute approximate surface area is 126 Å². The summed E-state index contributed by atoms with van der Waals surface area (Å²) in [6.07, 6.45) is 1.95. The van der Waals surface area contributed by atoms with Crippen LogP contribution in [0.15, 0.2) is 6.07 Å². The lowest BCUT2D eigenvalue weighted by Crippen LogP contribution is -2.46. The molecule has 2 rings (SSSR count). The van der Waals surface area contributed by atoms with Gasteiger partial charge < -0.3 is 10.6 Å². The maximum absolute atomic E-state index is 12.1. The Bertz CT molecular complexity index is 452. The Balaban J connectivity index is 0.00000200. The zero-order valence-electron chi connectivity index (χ0n) is 12.6. The highest BCUT2D eigenvalue weighted by Gasteiger charge is 2.23. The Kier molecular flexibility index (Phi) is 5.59. The van der Waals surface area contributed by atoms with E-state index in [4.69, 9.17) is 0 Å². The van der Waals surface area contributed by atoms with Crippen LogP contribution < -0.4 is 10.6 Å². The van der Waals surface area contributed by atoms with Crippen molar-refractivity contribution in [1.82, 2.24) is 20.8 Å². The van der Waals surface area contributed by atoms with E-state index in [9.17, 15) is 4.79 Å². The minimum Gasteiger partial charge on any atom is -0.348 e. The lowest BCUT2D eigenvalue weighted by atomic mass is 9.92. The monoisotopic (exact) mass is 300 g/mol. The van der Waals surface area contributed by atoms with E-state index in [-0.39, 0.29) is 29.8 Å². The van der Waals surface area contributed by atoms with Crippen molar-refractivity contribution in [2.45, 2.75) is 58.0 Å². The Morgan fingerprint density at radius 3 is 2.70 bits per heavy atom. The van der Waals surface area contributed by atoms with Crippen molar-refractivity contribution in [2.75, 3.05) is 6.54 Å². The first kappa shape index (κ1) is 17.0. The van der Waals surface area contributed by atoms with Gasteiger partial charge in [-0.3, -0.25) is 9.89 Å². The van der Waals surface area contributed by atoms with Crippen molar-refractivity contribution < 1.29 is 4.79 Å². The van der Waals surface area contributed by atoms with Crippen molar-refractivity contribution >= 4 is 18.3 Å². The molecule has 0 spiro atoms. The van der Waals surface area contributed by atoms with Crippen molar-refractivity contribution in [1.29, 1.82) is 0 Å². The zero-order chi connectivity index (χ0) is 14.0. The van der Waals surface area contributed by atoms with E-state index in [1.54, 1.807) is 0 Å². The molecule has 2 unspecified atom stereocenters. The summed E-state index contributed by atoms with van der Waals surface area (Å²) in [5, 5.41) is 13.5. The molecule has 3 N–H and O–H groups in total. The average molecular weight is 301 g/mol. The van der Waals surface area contributed by atoms with Gasteiger partial charge in [0.1, 0.15) is 5.69 Å². The van der Waals surface area contributed by atoms with Gasteiger partial charge in [0.05, 0.1) is 0 Å². The predicted octanol–water partition coefficient (Wildman–Crippen LogP) is 2.00. The number of nitrogens with zero attached hydrogens (tertiary/aromatic N) is 1. The quantitative estimate of drug-likeness (QED) is 0.782. The number of piperidine rings is 1. The van der Waals surface area contributed by atoms with E-state index in [0.29, 0.717) is 11.7 Å². The minimum atomic E-state index is -0.0779. The molecule has 0 aromatic carbocycles. The molecule has 1 fully saturated rings. The number of carbonyl (C=O) groups is 1. The summed E-state index contributed by atoms with van der Waals surface area (Å²) in [6, 6.07) is 2.56. The molecule has 1 aliphatic rings. The van der Waals surface area contributed by atoms with Crippen LogP contribution in [0.3, 0.4) is 0 Å². The third kappa shape index (κ3) is 4.21. The fourth-order valence-corrected chi connectivity index (χ4v) is 2.34. The molecule has 0 bridgehead atoms. The Hall–Kier alpha value is -1.07. The number of amides is 1. The van der Waals surface area contributed by atoms with Crippen molar-refractivity contribution in [3.05, 3.63) is 17.5 Å². The first-order chi connectivity index (χ1) is 8.86. The third-order valence-corrected chi connectivity index (χ3v) is 3.58. The van der Waals surface area contributed by atoms with E-state index in [1.807, 2.05) is 6.07 Å². The van der Waals surface area contributed by atoms with Gasteiger partial charge in [-0.2, -0.15) is 5.10 Å². The van der Waals surface area contributed by atoms with Crippen LogP contribution in [-0.4, -0.2) is 34.7 Å². The van der Waals surface area contributed by atoms with Crippen LogP contribution in [-0.2, 0) is 5.41 Å². The standard InChI is InChI=1S/C14H24N4O.ClH/c1-9-7-10(5-6-15-9)16-13(19)11-8-12(18-17-11)14(2,3)4;/h8-10,15H,5-7H2,1-4H3,(H,16,19)(H,17,18);1H. The van der Waals surface area contributed by atoms with Gasteiger partial charge in [0.15, 0.2) is 0 Å². The summed E-state index contributed by atoms with van der Waals surface area (Å²) < 4.78 is 0. The summed E-state index contributed by atoms with van der Waals surface area (Å²) in [7, 11) is 0. The van der Waals surface area contributed by atoms with Gasteiger partial charge in [-0.1, -0.05) is 20.8 Å². The highest BCUT2D eigenvalue weighted by Crippen LogP contribution is 2.20. The molecule has 5 nitrogen and oxygen atoms in total. The first-order valence-corrected chi connectivity index (χ1v) is 6.96. The normalized spacial score (nSPS) is 23.0. The lowest BCUT2D eigenvalue weighted by molar-refractivity contribution is 0.0920. The molecule has 114 valence electrons. The maximum Gasteiger partial charge on any atom is 0.271 e. The van der Waals surface area contributed by atoms with Crippen LogP contribution >= 0.6 is 12.4 Å². The molecule has 1 saturated heterocycles. The van der Waals surface area contributed by atoms with Crippen molar-refractivity contribution in [3.8, 4) is 0 Å². The van der Waals surface area contributed by atoms with Gasteiger partial charge in [0, 0.05) is 23.2 Å². The van der Waals surface area contributed by atoms with E-state index in [2.05, 4.69) is 48.5 Å². The van der Waals surface area contributed by atoms with E-state index < -0.39 is 0 Å². The molecular formula is C14H25ClN4O. The molecule has 2 heterocycles. The van der Waals surface area contributed by atoms with E-state index in [1.165, 1.54) is 0 Å². The molecule has 1 aromatic rings. The molecule has 0 aliphatic carbocycles. The molecule has 2 atom stereocenters. The molecule has 0 saturated carbocycles. The number of aromatic nitrogens is 2. The number of carbonyl (C=O) groups excluding carboxylic acids is 1. The fraction of sp³-hybridized carbons (Fsp3) is 0.714. The van der Waals surface area contributed by atoms with Gasteiger partial charge >= 0.3 is 0 Å². The van der Waals surface area contributed by atoms with Crippen LogP contribution in [0.4, 0.5) is 0 Å². The van der Waals surface area contributed by atoms with Crippen molar-refractivity contribution in [2.24, 2.45) is 0 Å². The predicted molar refractivity (Wildman–Crippen MR) is 82.5 cm³/mol. The SMILES string of the molecule is CC1CC(NC(=O)c2cc(C(C)(C)C)[nH]n2)CCN1.Cl. The van der Waals surface area contributed by atoms with Gasteiger partial charge in [-0.25, -0.2) is 0 Å². The third-order valence-electron chi connectivity index (χ3n) is 3.58. The fourth-order valence-electron chi connectivity index (χ4n) is 2.34. The lowest BCUT2D eigenvalue weighted by Gasteiger charge is -2.28. The largest absolute Gasteiger partial charge is 0.348 e. The molecule has 1 aliphatic heterocycles. The zero-order valence-corrected chi connectivity index (χ0v) is 13.4. The number of aromatic amines is 1. The van der Waals surface area contributed by atoms with Gasteiger partial charge in [-0.15, -0.1) is 12.4 Å². The number of hydrogen-bond donors (Lipinski definition) is 3. The molecular weight excluding hydrogens is 276 g/mol. The second-order valence-electron chi connectivity index (χ2n) is 6.47. The molecule has 20 heavy (non-hydrogen) atoms. The van der Waals surface area contributed by atoms with Crippen LogP contribution in [0.5, 0.6) is 0 Å². The summed E-state index contributed by atoms with van der Waals surface area (Å²) >= 11 is 0. The Morgan fingerprint density at radius 1 is 1.45 bits per heavy atom. The summed E-state index contributed by atoms with van der Waals surface area (Å²) in [5.41, 5.74) is 1.45. The molecule has 1 aromatic heterocycles. The number of hydrogen-bond acceptors (Lipinski definition) is 3. The first-order valence-electron chi connectivity index (χ1n) is 6.96. The number of rotatable bonds is 2. The second kappa shape index (κ2) is 6.59. The second-order valence-corrected chi connectivity index (χ2v) is 6.47.